The molecule has 1 rings (SSSR count). The minimum atomic E-state index is 0.00968. The summed E-state index contributed by atoms with van der Waals surface area (Å²) in [7, 11) is 0. The van der Waals surface area contributed by atoms with Gasteiger partial charge >= 0.3 is 6.03 Å². The first-order valence-electron chi connectivity index (χ1n) is 3.92. The number of carbonyl (C=O) groups is 1. The third kappa shape index (κ3) is 1.63. The molecule has 0 aromatic carbocycles. The number of urea groups is 1. The quantitative estimate of drug-likeness (QED) is 0.580. The van der Waals surface area contributed by atoms with Gasteiger partial charge in [0.1, 0.15) is 0 Å². The highest BCUT2D eigenvalue weighted by Crippen LogP contribution is 2.06. The van der Waals surface area contributed by atoms with Gasteiger partial charge in [0.2, 0.25) is 0 Å². The van der Waals surface area contributed by atoms with Crippen molar-refractivity contribution in [3.63, 3.8) is 0 Å². The van der Waals surface area contributed by atoms with E-state index in [4.69, 9.17) is 5.73 Å². The normalized spacial score (nSPS) is 27.0. The summed E-state index contributed by atoms with van der Waals surface area (Å²) in [5.41, 5.74) is 5.44. The number of amides is 2. The summed E-state index contributed by atoms with van der Waals surface area (Å²) in [4.78, 5) is 12.9. The number of hydrogen-bond donors (Lipinski definition) is 2. The van der Waals surface area contributed by atoms with Crippen molar-refractivity contribution >= 4 is 6.03 Å². The third-order valence-corrected chi connectivity index (χ3v) is 1.97. The molecule has 1 saturated heterocycles. The Morgan fingerprint density at radius 2 is 2.55 bits per heavy atom. The zero-order valence-electron chi connectivity index (χ0n) is 7.00. The molecule has 0 saturated carbocycles. The molecule has 0 aromatic rings. The topological polar surface area (TPSA) is 58.4 Å². The van der Waals surface area contributed by atoms with E-state index >= 15 is 0 Å². The molecule has 11 heavy (non-hydrogen) atoms. The lowest BCUT2D eigenvalue weighted by atomic mass is 10.3. The molecule has 0 radical (unpaired) electrons. The Morgan fingerprint density at radius 3 is 2.91 bits per heavy atom. The van der Waals surface area contributed by atoms with Crippen LogP contribution in [0.25, 0.3) is 0 Å². The number of hydrogen-bond acceptors (Lipinski definition) is 2. The predicted molar refractivity (Wildman–Crippen MR) is 43.2 cm³/mol. The maximum absolute atomic E-state index is 11.1. The number of nitrogens with two attached hydrogens (primary N) is 1. The Morgan fingerprint density at radius 1 is 1.91 bits per heavy atom. The number of carbonyl (C=O) groups excluding carboxylic acids is 1. The predicted octanol–water partition coefficient (Wildman–Crippen LogP) is -0.253. The van der Waals surface area contributed by atoms with E-state index in [-0.39, 0.29) is 18.1 Å². The van der Waals surface area contributed by atoms with E-state index in [0.717, 1.165) is 6.54 Å². The molecule has 2 unspecified atom stereocenters. The maximum atomic E-state index is 11.1. The van der Waals surface area contributed by atoms with Gasteiger partial charge in [-0.25, -0.2) is 4.79 Å². The van der Waals surface area contributed by atoms with Crippen molar-refractivity contribution in [2.75, 3.05) is 13.1 Å². The molecule has 0 spiro atoms. The number of rotatable bonds is 2. The lowest BCUT2D eigenvalue weighted by Gasteiger charge is -2.21. The average Bonchev–Trinajstić information content (AvgIpc) is 2.28. The zero-order chi connectivity index (χ0) is 8.43. The van der Waals surface area contributed by atoms with Crippen LogP contribution in [0.15, 0.2) is 0 Å². The lowest BCUT2D eigenvalue weighted by molar-refractivity contribution is 0.203. The highest BCUT2D eigenvalue weighted by atomic mass is 16.2. The summed E-state index contributed by atoms with van der Waals surface area (Å²) >= 11 is 0. The first-order valence-corrected chi connectivity index (χ1v) is 3.92. The molecule has 4 heteroatoms. The van der Waals surface area contributed by atoms with Crippen LogP contribution in [0.2, 0.25) is 0 Å². The molecule has 1 aliphatic rings. The molecular formula is C7H15N3O. The van der Waals surface area contributed by atoms with Crippen LogP contribution in [-0.2, 0) is 0 Å². The highest BCUT2D eigenvalue weighted by Gasteiger charge is 2.28. The lowest BCUT2D eigenvalue weighted by Crippen LogP contribution is -2.40. The summed E-state index contributed by atoms with van der Waals surface area (Å²) in [5, 5.41) is 2.81. The van der Waals surface area contributed by atoms with Crippen LogP contribution in [0.5, 0.6) is 0 Å². The van der Waals surface area contributed by atoms with Gasteiger partial charge in [0, 0.05) is 25.2 Å². The SMILES string of the molecule is CC1CN(C(C)CN)C(=O)N1. The average molecular weight is 157 g/mol. The fourth-order valence-corrected chi connectivity index (χ4v) is 1.22. The molecule has 2 amide bonds. The molecule has 0 aromatic heterocycles. The van der Waals surface area contributed by atoms with Gasteiger partial charge in [-0.15, -0.1) is 0 Å². The summed E-state index contributed by atoms with van der Waals surface area (Å²) in [6.07, 6.45) is 0. The second-order valence-corrected chi connectivity index (χ2v) is 3.09. The molecule has 0 aliphatic carbocycles. The molecule has 4 nitrogen and oxygen atoms in total. The maximum Gasteiger partial charge on any atom is 0.318 e. The Balaban J connectivity index is 2.52. The van der Waals surface area contributed by atoms with E-state index in [1.165, 1.54) is 0 Å². The van der Waals surface area contributed by atoms with E-state index in [1.807, 2.05) is 13.8 Å². The van der Waals surface area contributed by atoms with Gasteiger partial charge in [-0.05, 0) is 13.8 Å². The van der Waals surface area contributed by atoms with Gasteiger partial charge in [0.25, 0.3) is 0 Å². The Hall–Kier alpha value is -0.770. The zero-order valence-corrected chi connectivity index (χ0v) is 7.00. The largest absolute Gasteiger partial charge is 0.334 e. The van der Waals surface area contributed by atoms with Crippen LogP contribution in [0, 0.1) is 0 Å². The summed E-state index contributed by atoms with van der Waals surface area (Å²) in [5.74, 6) is 0. The van der Waals surface area contributed by atoms with E-state index in [2.05, 4.69) is 5.32 Å². The Labute approximate surface area is 66.7 Å². The smallest absolute Gasteiger partial charge is 0.318 e. The minimum Gasteiger partial charge on any atom is -0.334 e. The van der Waals surface area contributed by atoms with Crippen molar-refractivity contribution in [3.8, 4) is 0 Å². The number of nitrogens with one attached hydrogen (secondary N) is 1. The van der Waals surface area contributed by atoms with Gasteiger partial charge in [-0.3, -0.25) is 0 Å². The van der Waals surface area contributed by atoms with E-state index in [1.54, 1.807) is 4.90 Å². The van der Waals surface area contributed by atoms with Gasteiger partial charge in [-0.1, -0.05) is 0 Å². The first-order chi connectivity index (χ1) is 5.15. The molecule has 0 bridgehead atoms. The first kappa shape index (κ1) is 8.33. The third-order valence-electron chi connectivity index (χ3n) is 1.97. The van der Waals surface area contributed by atoms with Crippen molar-refractivity contribution in [3.05, 3.63) is 0 Å². The number of nitrogens with zero attached hydrogens (tertiary/aromatic N) is 1. The molecule has 1 aliphatic heterocycles. The van der Waals surface area contributed by atoms with Crippen molar-refractivity contribution in [2.45, 2.75) is 25.9 Å². The standard InChI is InChI=1S/C7H15N3O/c1-5-4-10(6(2)3-8)7(11)9-5/h5-6H,3-4,8H2,1-2H3,(H,9,11). The highest BCUT2D eigenvalue weighted by molar-refractivity contribution is 5.77. The van der Waals surface area contributed by atoms with E-state index in [0.29, 0.717) is 6.54 Å². The molecule has 1 fully saturated rings. The van der Waals surface area contributed by atoms with Crippen molar-refractivity contribution < 1.29 is 4.79 Å². The summed E-state index contributed by atoms with van der Waals surface area (Å²) < 4.78 is 0. The fourth-order valence-electron chi connectivity index (χ4n) is 1.22. The van der Waals surface area contributed by atoms with Crippen LogP contribution in [0.1, 0.15) is 13.8 Å². The van der Waals surface area contributed by atoms with Crippen molar-refractivity contribution in [2.24, 2.45) is 5.73 Å². The molecule has 64 valence electrons. The second kappa shape index (κ2) is 3.09. The molecule has 2 atom stereocenters. The van der Waals surface area contributed by atoms with Crippen LogP contribution in [0.4, 0.5) is 4.79 Å². The van der Waals surface area contributed by atoms with Crippen LogP contribution in [0.3, 0.4) is 0 Å². The second-order valence-electron chi connectivity index (χ2n) is 3.09. The van der Waals surface area contributed by atoms with Crippen LogP contribution >= 0.6 is 0 Å². The monoisotopic (exact) mass is 157 g/mol. The summed E-state index contributed by atoms with van der Waals surface area (Å²) in [6.45, 7) is 5.25. The fraction of sp³-hybridized carbons (Fsp3) is 0.857. The van der Waals surface area contributed by atoms with Gasteiger partial charge < -0.3 is 16.0 Å². The Kier molecular flexibility index (Phi) is 2.34. The van der Waals surface area contributed by atoms with Gasteiger partial charge in [-0.2, -0.15) is 0 Å². The summed E-state index contributed by atoms with van der Waals surface area (Å²) in [6, 6.07) is 0.423. The minimum absolute atomic E-state index is 0.00968. The van der Waals surface area contributed by atoms with Crippen molar-refractivity contribution in [1.82, 2.24) is 10.2 Å². The molecular weight excluding hydrogens is 142 g/mol. The van der Waals surface area contributed by atoms with Crippen molar-refractivity contribution in [1.29, 1.82) is 0 Å². The van der Waals surface area contributed by atoms with Crippen LogP contribution in [-0.4, -0.2) is 36.1 Å². The molecule has 1 heterocycles. The Bertz CT molecular complexity index is 160. The van der Waals surface area contributed by atoms with E-state index in [9.17, 15) is 4.79 Å². The van der Waals surface area contributed by atoms with Crippen LogP contribution < -0.4 is 11.1 Å². The molecule has 3 N–H and O–H groups in total. The van der Waals surface area contributed by atoms with Gasteiger partial charge in [0.15, 0.2) is 0 Å². The van der Waals surface area contributed by atoms with E-state index < -0.39 is 0 Å². The van der Waals surface area contributed by atoms with Gasteiger partial charge in [0.05, 0.1) is 0 Å².